The summed E-state index contributed by atoms with van der Waals surface area (Å²) in [5, 5.41) is 0.800. The zero-order chi connectivity index (χ0) is 15.4. The Morgan fingerprint density at radius 3 is 2.43 bits per heavy atom. The van der Waals surface area contributed by atoms with Gasteiger partial charge in [0.25, 0.3) is 0 Å². The molecule has 1 fully saturated rings. The van der Waals surface area contributed by atoms with E-state index in [1.165, 1.54) is 31.2 Å². The van der Waals surface area contributed by atoms with Gasteiger partial charge in [-0.3, -0.25) is 4.90 Å². The largest absolute Gasteiger partial charge is 0.326 e. The van der Waals surface area contributed by atoms with Gasteiger partial charge >= 0.3 is 0 Å². The van der Waals surface area contributed by atoms with Gasteiger partial charge in [-0.05, 0) is 43.4 Å². The molecule has 2 N–H and O–H groups in total. The van der Waals surface area contributed by atoms with E-state index >= 15 is 0 Å². The third kappa shape index (κ3) is 4.45. The lowest BCUT2D eigenvalue weighted by atomic mass is 9.95. The van der Waals surface area contributed by atoms with Gasteiger partial charge in [0.05, 0.1) is 0 Å². The third-order valence-electron chi connectivity index (χ3n) is 4.42. The van der Waals surface area contributed by atoms with Crippen molar-refractivity contribution in [2.24, 2.45) is 11.7 Å². The molecule has 1 aliphatic carbocycles. The van der Waals surface area contributed by atoms with E-state index in [1.54, 1.807) is 0 Å². The van der Waals surface area contributed by atoms with Gasteiger partial charge in [0.1, 0.15) is 0 Å². The number of hydrogen-bond acceptors (Lipinski definition) is 2. The molecule has 0 aliphatic heterocycles. The van der Waals surface area contributed by atoms with E-state index in [4.69, 9.17) is 17.3 Å². The Morgan fingerprint density at radius 1 is 1.24 bits per heavy atom. The Balaban J connectivity index is 2.31. The lowest BCUT2D eigenvalue weighted by Crippen LogP contribution is -2.46. The minimum atomic E-state index is 0.0998. The minimum Gasteiger partial charge on any atom is -0.326 e. The monoisotopic (exact) mass is 308 g/mol. The summed E-state index contributed by atoms with van der Waals surface area (Å²) >= 11 is 6.20. The second-order valence-electron chi connectivity index (χ2n) is 6.89. The summed E-state index contributed by atoms with van der Waals surface area (Å²) in [7, 11) is 0. The van der Waals surface area contributed by atoms with Crippen LogP contribution in [0, 0.1) is 5.92 Å². The van der Waals surface area contributed by atoms with Gasteiger partial charge in [0.2, 0.25) is 0 Å². The molecule has 0 heterocycles. The van der Waals surface area contributed by atoms with Crippen molar-refractivity contribution in [1.82, 2.24) is 4.90 Å². The molecular formula is C18H29ClN2. The van der Waals surface area contributed by atoms with Crippen molar-refractivity contribution in [3.05, 3.63) is 34.9 Å². The van der Waals surface area contributed by atoms with Crippen LogP contribution >= 0.6 is 11.6 Å². The van der Waals surface area contributed by atoms with Crippen molar-refractivity contribution in [3.8, 4) is 0 Å². The maximum absolute atomic E-state index is 6.38. The molecule has 2 rings (SSSR count). The van der Waals surface area contributed by atoms with Crippen molar-refractivity contribution < 1.29 is 0 Å². The molecule has 0 aromatic heterocycles. The van der Waals surface area contributed by atoms with Gasteiger partial charge in [-0.25, -0.2) is 0 Å². The Labute approximate surface area is 134 Å². The normalized spacial score (nSPS) is 19.4. The molecule has 2 atom stereocenters. The van der Waals surface area contributed by atoms with Crippen LogP contribution in [0.4, 0.5) is 0 Å². The average molecular weight is 309 g/mol. The van der Waals surface area contributed by atoms with E-state index in [1.807, 2.05) is 12.1 Å². The van der Waals surface area contributed by atoms with Gasteiger partial charge < -0.3 is 5.73 Å². The minimum absolute atomic E-state index is 0.0998. The van der Waals surface area contributed by atoms with Gasteiger partial charge in [-0.1, -0.05) is 50.4 Å². The number of rotatable bonds is 6. The third-order valence-corrected chi connectivity index (χ3v) is 4.65. The summed E-state index contributed by atoms with van der Waals surface area (Å²) in [6.07, 6.45) is 5.30. The molecule has 1 aromatic rings. The maximum atomic E-state index is 6.38. The van der Waals surface area contributed by atoms with Gasteiger partial charge in [-0.15, -0.1) is 0 Å². The molecule has 0 saturated heterocycles. The molecule has 21 heavy (non-hydrogen) atoms. The number of halogens is 1. The number of nitrogens with zero attached hydrogens (tertiary/aromatic N) is 1. The lowest BCUT2D eigenvalue weighted by Gasteiger charge is -2.40. The van der Waals surface area contributed by atoms with Crippen LogP contribution in [0.3, 0.4) is 0 Å². The highest BCUT2D eigenvalue weighted by Gasteiger charge is 2.32. The Morgan fingerprint density at radius 2 is 1.90 bits per heavy atom. The number of nitrogens with two attached hydrogens (primary N) is 1. The van der Waals surface area contributed by atoms with Crippen molar-refractivity contribution in [1.29, 1.82) is 0 Å². The first-order valence-corrected chi connectivity index (χ1v) is 8.63. The van der Waals surface area contributed by atoms with E-state index < -0.39 is 0 Å². The Hall–Kier alpha value is -0.570. The molecule has 1 saturated carbocycles. The second kappa shape index (κ2) is 7.62. The molecule has 3 heteroatoms. The second-order valence-corrected chi connectivity index (χ2v) is 7.32. The maximum Gasteiger partial charge on any atom is 0.0500 e. The van der Waals surface area contributed by atoms with Crippen molar-refractivity contribution >= 4 is 11.6 Å². The molecule has 2 nitrogen and oxygen atoms in total. The van der Waals surface area contributed by atoms with Crippen LogP contribution in [0.5, 0.6) is 0 Å². The predicted octanol–water partition coefficient (Wildman–Crippen LogP) is 4.63. The lowest BCUT2D eigenvalue weighted by molar-refractivity contribution is 0.104. The van der Waals surface area contributed by atoms with Gasteiger partial charge in [0.15, 0.2) is 0 Å². The molecule has 0 amide bonds. The summed E-state index contributed by atoms with van der Waals surface area (Å²) in [5.41, 5.74) is 7.63. The fourth-order valence-electron chi connectivity index (χ4n) is 3.63. The molecule has 0 spiro atoms. The smallest absolute Gasteiger partial charge is 0.0500 e. The fourth-order valence-corrected chi connectivity index (χ4v) is 3.83. The fraction of sp³-hybridized carbons (Fsp3) is 0.667. The molecule has 1 aromatic carbocycles. The first-order valence-electron chi connectivity index (χ1n) is 8.26. The highest BCUT2D eigenvalue weighted by atomic mass is 35.5. The molecule has 2 unspecified atom stereocenters. The SMILES string of the molecule is CC(C)CN(C1CCCC1)C(c1cccc(Cl)c1)C(C)N. The molecular weight excluding hydrogens is 280 g/mol. The molecule has 118 valence electrons. The topological polar surface area (TPSA) is 29.3 Å². The summed E-state index contributed by atoms with van der Waals surface area (Å²) in [4.78, 5) is 2.65. The first-order chi connectivity index (χ1) is 9.99. The summed E-state index contributed by atoms with van der Waals surface area (Å²) < 4.78 is 0. The van der Waals surface area contributed by atoms with E-state index in [-0.39, 0.29) is 12.1 Å². The average Bonchev–Trinajstić information content (AvgIpc) is 2.90. The van der Waals surface area contributed by atoms with Crippen LogP contribution in [-0.2, 0) is 0 Å². The standard InChI is InChI=1S/C18H29ClN2/c1-13(2)12-21(17-9-4-5-10-17)18(14(3)20)15-7-6-8-16(19)11-15/h6-8,11,13-14,17-18H,4-5,9-10,12,20H2,1-3H3. The highest BCUT2D eigenvalue weighted by molar-refractivity contribution is 6.30. The van der Waals surface area contributed by atoms with Crippen LogP contribution < -0.4 is 5.73 Å². The molecule has 0 bridgehead atoms. The van der Waals surface area contributed by atoms with E-state index in [0.717, 1.165) is 11.6 Å². The van der Waals surface area contributed by atoms with Crippen LogP contribution in [-0.4, -0.2) is 23.5 Å². The Kier molecular flexibility index (Phi) is 6.09. The van der Waals surface area contributed by atoms with Crippen molar-refractivity contribution in [3.63, 3.8) is 0 Å². The summed E-state index contributed by atoms with van der Waals surface area (Å²) in [5.74, 6) is 0.644. The van der Waals surface area contributed by atoms with Crippen LogP contribution in [0.1, 0.15) is 58.1 Å². The van der Waals surface area contributed by atoms with E-state index in [9.17, 15) is 0 Å². The molecule has 0 radical (unpaired) electrons. The highest BCUT2D eigenvalue weighted by Crippen LogP contribution is 2.34. The van der Waals surface area contributed by atoms with E-state index in [0.29, 0.717) is 12.0 Å². The zero-order valence-corrected chi connectivity index (χ0v) is 14.3. The van der Waals surface area contributed by atoms with Crippen LogP contribution in [0.15, 0.2) is 24.3 Å². The number of benzene rings is 1. The molecule has 1 aliphatic rings. The first kappa shape index (κ1) is 16.8. The predicted molar refractivity (Wildman–Crippen MR) is 91.6 cm³/mol. The van der Waals surface area contributed by atoms with E-state index in [2.05, 4.69) is 37.8 Å². The van der Waals surface area contributed by atoms with Crippen LogP contribution in [0.2, 0.25) is 5.02 Å². The van der Waals surface area contributed by atoms with Crippen molar-refractivity contribution in [2.75, 3.05) is 6.54 Å². The summed E-state index contributed by atoms with van der Waals surface area (Å²) in [6, 6.07) is 9.25. The van der Waals surface area contributed by atoms with Gasteiger partial charge in [0, 0.05) is 29.7 Å². The zero-order valence-electron chi connectivity index (χ0n) is 13.6. The van der Waals surface area contributed by atoms with Crippen LogP contribution in [0.25, 0.3) is 0 Å². The number of hydrogen-bond donors (Lipinski definition) is 1. The van der Waals surface area contributed by atoms with Crippen molar-refractivity contribution in [2.45, 2.75) is 64.6 Å². The Bertz CT molecular complexity index is 439. The summed E-state index contributed by atoms with van der Waals surface area (Å²) in [6.45, 7) is 7.80. The quantitative estimate of drug-likeness (QED) is 0.830. The van der Waals surface area contributed by atoms with Gasteiger partial charge in [-0.2, -0.15) is 0 Å².